The second-order valence-corrected chi connectivity index (χ2v) is 7.14. The number of carboxylic acids is 1. The molecule has 0 heterocycles. The van der Waals surface area contributed by atoms with Crippen LogP contribution in [0.25, 0.3) is 0 Å². The lowest BCUT2D eigenvalue weighted by Crippen LogP contribution is -2.26. The van der Waals surface area contributed by atoms with Gasteiger partial charge in [0.15, 0.2) is 6.61 Å². The fourth-order valence-corrected chi connectivity index (χ4v) is 3.32. The van der Waals surface area contributed by atoms with Gasteiger partial charge in [-0.15, -0.1) is 0 Å². The number of rotatable bonds is 8. The Hall–Kier alpha value is -2.09. The van der Waals surface area contributed by atoms with Gasteiger partial charge in [0.25, 0.3) is 0 Å². The van der Waals surface area contributed by atoms with E-state index in [0.29, 0.717) is 17.2 Å². The molecular weight excluding hydrogens is 354 g/mol. The molecule has 2 rings (SSSR count). The molecule has 0 unspecified atom stereocenters. The molecule has 2 aromatic rings. The van der Waals surface area contributed by atoms with Crippen molar-refractivity contribution >= 4 is 27.6 Å². The topological polar surface area (TPSA) is 92.7 Å². The second kappa shape index (κ2) is 8.14. The van der Waals surface area contributed by atoms with E-state index in [1.54, 1.807) is 36.4 Å². The summed E-state index contributed by atoms with van der Waals surface area (Å²) in [5.41, 5.74) is 0.826. The van der Waals surface area contributed by atoms with Gasteiger partial charge >= 0.3 is 5.97 Å². The van der Waals surface area contributed by atoms with E-state index in [0.717, 1.165) is 5.56 Å². The molecule has 6 nitrogen and oxygen atoms in total. The minimum atomic E-state index is -3.63. The Kier molecular flexibility index (Phi) is 6.19. The lowest BCUT2D eigenvalue weighted by atomic mass is 10.1. The molecule has 0 amide bonds. The zero-order valence-corrected chi connectivity index (χ0v) is 14.2. The zero-order valence-electron chi connectivity index (χ0n) is 12.6. The molecule has 0 atom stereocenters. The first-order chi connectivity index (χ1) is 11.4. The van der Waals surface area contributed by atoms with Gasteiger partial charge in [0.05, 0.1) is 4.90 Å². The summed E-state index contributed by atoms with van der Waals surface area (Å²) in [4.78, 5) is 10.6. The highest BCUT2D eigenvalue weighted by molar-refractivity contribution is 7.89. The van der Waals surface area contributed by atoms with Gasteiger partial charge < -0.3 is 9.84 Å². The van der Waals surface area contributed by atoms with Crippen molar-refractivity contribution in [2.75, 3.05) is 13.2 Å². The van der Waals surface area contributed by atoms with E-state index in [2.05, 4.69) is 4.72 Å². The van der Waals surface area contributed by atoms with Crippen LogP contribution < -0.4 is 9.46 Å². The van der Waals surface area contributed by atoms with Crippen LogP contribution in [-0.2, 0) is 21.2 Å². The third-order valence-electron chi connectivity index (χ3n) is 3.07. The standard InChI is InChI=1S/C16H16ClNO5S/c17-13-4-2-6-15(10-13)24(21,22)18-8-7-12-3-1-5-14(9-12)23-11-16(19)20/h1-6,9-10,18H,7-8,11H2,(H,19,20). The van der Waals surface area contributed by atoms with E-state index >= 15 is 0 Å². The Morgan fingerprint density at radius 1 is 1.17 bits per heavy atom. The Morgan fingerprint density at radius 3 is 2.62 bits per heavy atom. The van der Waals surface area contributed by atoms with Crippen LogP contribution in [-0.4, -0.2) is 32.6 Å². The third kappa shape index (κ3) is 5.52. The Bertz CT molecular complexity index is 823. The first kappa shape index (κ1) is 18.3. The monoisotopic (exact) mass is 369 g/mol. The van der Waals surface area contributed by atoms with Gasteiger partial charge in [-0.3, -0.25) is 0 Å². The van der Waals surface area contributed by atoms with Crippen molar-refractivity contribution in [2.24, 2.45) is 0 Å². The largest absolute Gasteiger partial charge is 0.482 e. The molecule has 0 fully saturated rings. The van der Waals surface area contributed by atoms with Gasteiger partial charge in [-0.1, -0.05) is 29.8 Å². The summed E-state index contributed by atoms with van der Waals surface area (Å²) in [5, 5.41) is 8.94. The lowest BCUT2D eigenvalue weighted by molar-refractivity contribution is -0.139. The summed E-state index contributed by atoms with van der Waals surface area (Å²) in [7, 11) is -3.63. The molecule has 0 spiro atoms. The van der Waals surface area contributed by atoms with Crippen molar-refractivity contribution in [2.45, 2.75) is 11.3 Å². The van der Waals surface area contributed by atoms with Crippen LogP contribution in [0.5, 0.6) is 5.75 Å². The molecule has 0 aliphatic heterocycles. The van der Waals surface area contributed by atoms with Gasteiger partial charge in [-0.25, -0.2) is 17.9 Å². The minimum absolute atomic E-state index is 0.105. The Balaban J connectivity index is 1.94. The van der Waals surface area contributed by atoms with Crippen LogP contribution in [0, 0.1) is 0 Å². The molecule has 2 aromatic carbocycles. The number of sulfonamides is 1. The van der Waals surface area contributed by atoms with E-state index in [1.165, 1.54) is 12.1 Å². The van der Waals surface area contributed by atoms with Crippen LogP contribution in [0.3, 0.4) is 0 Å². The van der Waals surface area contributed by atoms with E-state index < -0.39 is 22.6 Å². The van der Waals surface area contributed by atoms with Gasteiger partial charge in [-0.2, -0.15) is 0 Å². The summed E-state index contributed by atoms with van der Waals surface area (Å²) in [6, 6.07) is 12.9. The van der Waals surface area contributed by atoms with Crippen molar-refractivity contribution in [1.29, 1.82) is 0 Å². The predicted molar refractivity (Wildman–Crippen MR) is 89.9 cm³/mol. The number of carbonyl (C=O) groups is 1. The van der Waals surface area contributed by atoms with E-state index in [4.69, 9.17) is 21.4 Å². The van der Waals surface area contributed by atoms with Gasteiger partial charge in [0.2, 0.25) is 10.0 Å². The molecule has 128 valence electrons. The molecule has 0 bridgehead atoms. The first-order valence-corrected chi connectivity index (χ1v) is 8.92. The normalized spacial score (nSPS) is 11.2. The maximum absolute atomic E-state index is 12.2. The highest BCUT2D eigenvalue weighted by Gasteiger charge is 2.13. The van der Waals surface area contributed by atoms with Gasteiger partial charge in [0.1, 0.15) is 5.75 Å². The lowest BCUT2D eigenvalue weighted by Gasteiger charge is -2.08. The Morgan fingerprint density at radius 2 is 1.92 bits per heavy atom. The molecule has 0 radical (unpaired) electrons. The van der Waals surface area contributed by atoms with Gasteiger partial charge in [0, 0.05) is 11.6 Å². The molecule has 0 aliphatic carbocycles. The summed E-state index contributed by atoms with van der Waals surface area (Å²) in [6.45, 7) is -0.234. The minimum Gasteiger partial charge on any atom is -0.482 e. The smallest absolute Gasteiger partial charge is 0.341 e. The van der Waals surface area contributed by atoms with Crippen molar-refractivity contribution < 1.29 is 23.1 Å². The molecule has 0 saturated heterocycles. The number of hydrogen-bond acceptors (Lipinski definition) is 4. The van der Waals surface area contributed by atoms with Crippen LogP contribution in [0.1, 0.15) is 5.56 Å². The summed E-state index contributed by atoms with van der Waals surface area (Å²) in [5.74, 6) is -0.637. The fourth-order valence-electron chi connectivity index (χ4n) is 1.98. The van der Waals surface area contributed by atoms with E-state index in [1.807, 2.05) is 0 Å². The quantitative estimate of drug-likeness (QED) is 0.745. The number of carboxylic acid groups (broad SMARTS) is 1. The number of nitrogens with one attached hydrogen (secondary N) is 1. The number of benzene rings is 2. The first-order valence-electron chi connectivity index (χ1n) is 7.05. The van der Waals surface area contributed by atoms with E-state index in [-0.39, 0.29) is 11.4 Å². The van der Waals surface area contributed by atoms with Crippen LogP contribution in [0.2, 0.25) is 5.02 Å². The average molecular weight is 370 g/mol. The van der Waals surface area contributed by atoms with Crippen molar-refractivity contribution in [3.05, 3.63) is 59.1 Å². The zero-order chi connectivity index (χ0) is 17.6. The number of halogens is 1. The molecule has 0 aromatic heterocycles. The summed E-state index contributed by atoms with van der Waals surface area (Å²) < 4.78 is 31.9. The highest BCUT2D eigenvalue weighted by Crippen LogP contribution is 2.16. The highest BCUT2D eigenvalue weighted by atomic mass is 35.5. The van der Waals surface area contributed by atoms with Crippen molar-refractivity contribution in [1.82, 2.24) is 4.72 Å². The predicted octanol–water partition coefficient (Wildman–Crippen LogP) is 2.32. The molecule has 24 heavy (non-hydrogen) atoms. The number of aliphatic carboxylic acids is 1. The molecule has 0 saturated carbocycles. The average Bonchev–Trinajstić information content (AvgIpc) is 2.53. The number of hydrogen-bond donors (Lipinski definition) is 2. The third-order valence-corrected chi connectivity index (χ3v) is 4.77. The Labute approximate surface area is 145 Å². The van der Waals surface area contributed by atoms with Crippen molar-refractivity contribution in [3.8, 4) is 5.75 Å². The van der Waals surface area contributed by atoms with Crippen LogP contribution in [0.15, 0.2) is 53.4 Å². The number of ether oxygens (including phenoxy) is 1. The van der Waals surface area contributed by atoms with Crippen LogP contribution >= 0.6 is 11.6 Å². The van der Waals surface area contributed by atoms with Crippen molar-refractivity contribution in [3.63, 3.8) is 0 Å². The molecule has 0 aliphatic rings. The van der Waals surface area contributed by atoms with Crippen LogP contribution in [0.4, 0.5) is 0 Å². The molecule has 8 heteroatoms. The molecule has 2 N–H and O–H groups in total. The summed E-state index contributed by atoms with van der Waals surface area (Å²) in [6.07, 6.45) is 0.435. The maximum Gasteiger partial charge on any atom is 0.341 e. The van der Waals surface area contributed by atoms with Gasteiger partial charge in [-0.05, 0) is 42.3 Å². The SMILES string of the molecule is O=C(O)COc1cccc(CCNS(=O)(=O)c2cccc(Cl)c2)c1. The molecular formula is C16H16ClNO5S. The maximum atomic E-state index is 12.2. The summed E-state index contributed by atoms with van der Waals surface area (Å²) >= 11 is 5.80. The second-order valence-electron chi connectivity index (χ2n) is 4.93. The fraction of sp³-hybridized carbons (Fsp3) is 0.188. The van der Waals surface area contributed by atoms with E-state index in [9.17, 15) is 13.2 Å².